The van der Waals surface area contributed by atoms with Gasteiger partial charge in [-0.2, -0.15) is 0 Å². The summed E-state index contributed by atoms with van der Waals surface area (Å²) in [5.74, 6) is 0.155. The number of unbranched alkanes of at least 4 members (excludes halogenated alkanes) is 15. The molecule has 1 aromatic carbocycles. The fraction of sp³-hybridized carbons (Fsp3) is 0.613. The van der Waals surface area contributed by atoms with Crippen molar-refractivity contribution >= 4 is 6.29 Å². The summed E-state index contributed by atoms with van der Waals surface area (Å²) in [4.78, 5) is 24.0. The number of hydrogen-bond donors (Lipinski definition) is 0. The molecule has 35 heavy (non-hydrogen) atoms. The average molecular weight is 482 g/mol. The third kappa shape index (κ3) is 12.2. The lowest BCUT2D eigenvalue weighted by atomic mass is 10.0. The molecular formula is C31H47NO3. The summed E-state index contributed by atoms with van der Waals surface area (Å²) in [6, 6.07) is 11.2. The van der Waals surface area contributed by atoms with Crippen LogP contribution in [-0.4, -0.2) is 10.9 Å². The van der Waals surface area contributed by atoms with Crippen molar-refractivity contribution < 1.29 is 9.53 Å². The number of ether oxygens (including phenoxy) is 1. The van der Waals surface area contributed by atoms with E-state index in [-0.39, 0.29) is 17.8 Å². The maximum Gasteiger partial charge on any atom is 0.224 e. The third-order valence-corrected chi connectivity index (χ3v) is 6.76. The first kappa shape index (κ1) is 28.9. The molecule has 0 saturated heterocycles. The Labute approximate surface area is 213 Å². The molecule has 2 aromatic rings. The molecule has 0 atom stereocenters. The number of nitrogens with zero attached hydrogens (tertiary/aromatic N) is 1. The van der Waals surface area contributed by atoms with Gasteiger partial charge < -0.3 is 9.30 Å². The summed E-state index contributed by atoms with van der Waals surface area (Å²) in [7, 11) is 0. The summed E-state index contributed by atoms with van der Waals surface area (Å²) in [6.07, 6.45) is 23.8. The molecule has 0 saturated carbocycles. The monoisotopic (exact) mass is 481 g/mol. The summed E-state index contributed by atoms with van der Waals surface area (Å²) in [5.41, 5.74) is 1.07. The van der Waals surface area contributed by atoms with Crippen LogP contribution in [0, 0.1) is 0 Å². The Kier molecular flexibility index (Phi) is 15.6. The largest absolute Gasteiger partial charge is 0.483 e. The molecule has 194 valence electrons. The van der Waals surface area contributed by atoms with Crippen molar-refractivity contribution in [3.63, 3.8) is 0 Å². The fourth-order valence-corrected chi connectivity index (χ4v) is 4.59. The van der Waals surface area contributed by atoms with Crippen LogP contribution in [0.4, 0.5) is 0 Å². The second-order valence-corrected chi connectivity index (χ2v) is 9.78. The molecule has 0 spiro atoms. The van der Waals surface area contributed by atoms with Crippen LogP contribution in [0.5, 0.6) is 5.75 Å². The van der Waals surface area contributed by atoms with Crippen molar-refractivity contribution in [3.8, 4) is 5.75 Å². The Morgan fingerprint density at radius 1 is 0.714 bits per heavy atom. The lowest BCUT2D eigenvalue weighted by Crippen LogP contribution is -2.16. The molecule has 1 heterocycles. The van der Waals surface area contributed by atoms with Gasteiger partial charge in [-0.05, 0) is 12.0 Å². The SMILES string of the molecule is CCCCCCCCCCCCCCCCCCn1ccc(=O)c(OCc2ccccc2)c1C=O. The minimum Gasteiger partial charge on any atom is -0.483 e. The van der Waals surface area contributed by atoms with E-state index in [0.29, 0.717) is 5.69 Å². The highest BCUT2D eigenvalue weighted by Crippen LogP contribution is 2.16. The maximum absolute atomic E-state index is 12.3. The molecule has 0 unspecified atom stereocenters. The zero-order valence-corrected chi connectivity index (χ0v) is 22.0. The maximum atomic E-state index is 12.3. The molecule has 0 aliphatic rings. The van der Waals surface area contributed by atoms with Crippen molar-refractivity contribution in [3.05, 3.63) is 64.1 Å². The fourth-order valence-electron chi connectivity index (χ4n) is 4.59. The summed E-state index contributed by atoms with van der Waals surface area (Å²) in [6.45, 7) is 3.28. The topological polar surface area (TPSA) is 48.3 Å². The van der Waals surface area contributed by atoms with Gasteiger partial charge in [-0.25, -0.2) is 0 Å². The molecule has 2 rings (SSSR count). The minimum absolute atomic E-state index is 0.155. The zero-order chi connectivity index (χ0) is 25.0. The predicted molar refractivity (Wildman–Crippen MR) is 146 cm³/mol. The van der Waals surface area contributed by atoms with E-state index in [1.165, 1.54) is 96.0 Å². The van der Waals surface area contributed by atoms with Gasteiger partial charge in [-0.15, -0.1) is 0 Å². The smallest absolute Gasteiger partial charge is 0.224 e. The van der Waals surface area contributed by atoms with Crippen LogP contribution in [0.3, 0.4) is 0 Å². The molecule has 1 aromatic heterocycles. The number of aldehydes is 1. The Morgan fingerprint density at radius 2 is 1.23 bits per heavy atom. The van der Waals surface area contributed by atoms with Gasteiger partial charge in [-0.3, -0.25) is 9.59 Å². The van der Waals surface area contributed by atoms with Gasteiger partial charge in [0.2, 0.25) is 5.43 Å². The number of hydrogen-bond acceptors (Lipinski definition) is 3. The van der Waals surface area contributed by atoms with Gasteiger partial charge in [0.15, 0.2) is 12.0 Å². The molecular weight excluding hydrogens is 434 g/mol. The Hall–Kier alpha value is -2.36. The van der Waals surface area contributed by atoms with E-state index in [1.807, 2.05) is 34.9 Å². The van der Waals surface area contributed by atoms with Crippen LogP contribution in [0.15, 0.2) is 47.4 Å². The first-order valence-corrected chi connectivity index (χ1v) is 14.1. The summed E-state index contributed by atoms with van der Waals surface area (Å²) >= 11 is 0. The molecule has 0 N–H and O–H groups in total. The zero-order valence-electron chi connectivity index (χ0n) is 22.0. The quantitative estimate of drug-likeness (QED) is 0.133. The first-order valence-electron chi connectivity index (χ1n) is 14.1. The van der Waals surface area contributed by atoms with E-state index < -0.39 is 0 Å². The number of carbonyl (C=O) groups excluding carboxylic acids is 1. The Morgan fingerprint density at radius 3 is 1.74 bits per heavy atom. The lowest BCUT2D eigenvalue weighted by Gasteiger charge is -2.14. The molecule has 0 aliphatic heterocycles. The van der Waals surface area contributed by atoms with Crippen LogP contribution in [-0.2, 0) is 13.2 Å². The van der Waals surface area contributed by atoms with Gasteiger partial charge in [0.25, 0.3) is 0 Å². The molecule has 4 heteroatoms. The Balaban J connectivity index is 1.55. The number of aryl methyl sites for hydroxylation is 1. The standard InChI is InChI=1S/C31H47NO3/c1-2-3-4-5-6-7-8-9-10-11-12-13-14-15-16-20-24-32-25-23-30(34)31(29(32)26-33)35-27-28-21-18-17-19-22-28/h17-19,21-23,25-26H,2-16,20,24,27H2,1H3. The average Bonchev–Trinajstić information content (AvgIpc) is 2.88. The second kappa shape index (κ2) is 18.9. The van der Waals surface area contributed by atoms with E-state index >= 15 is 0 Å². The normalized spacial score (nSPS) is 11.0. The van der Waals surface area contributed by atoms with Gasteiger partial charge in [0.1, 0.15) is 12.3 Å². The second-order valence-electron chi connectivity index (χ2n) is 9.78. The molecule has 0 fully saturated rings. The first-order chi connectivity index (χ1) is 17.3. The number of pyridine rings is 1. The molecule has 0 bridgehead atoms. The predicted octanol–water partition coefficient (Wildman–Crippen LogP) is 8.50. The highest BCUT2D eigenvalue weighted by molar-refractivity contribution is 5.76. The van der Waals surface area contributed by atoms with Crippen LogP contribution in [0.2, 0.25) is 0 Å². The van der Waals surface area contributed by atoms with Gasteiger partial charge in [0, 0.05) is 18.8 Å². The van der Waals surface area contributed by atoms with E-state index in [1.54, 1.807) is 6.20 Å². The van der Waals surface area contributed by atoms with Crippen molar-refractivity contribution in [1.29, 1.82) is 0 Å². The van der Waals surface area contributed by atoms with E-state index in [9.17, 15) is 9.59 Å². The third-order valence-electron chi connectivity index (χ3n) is 6.76. The van der Waals surface area contributed by atoms with Crippen molar-refractivity contribution in [2.45, 2.75) is 123 Å². The number of aromatic nitrogens is 1. The van der Waals surface area contributed by atoms with Crippen molar-refractivity contribution in [1.82, 2.24) is 4.57 Å². The summed E-state index contributed by atoms with van der Waals surface area (Å²) < 4.78 is 7.61. The summed E-state index contributed by atoms with van der Waals surface area (Å²) in [5, 5.41) is 0. The van der Waals surface area contributed by atoms with Crippen LogP contribution >= 0.6 is 0 Å². The minimum atomic E-state index is -0.244. The van der Waals surface area contributed by atoms with Gasteiger partial charge >= 0.3 is 0 Å². The Bertz CT molecular complexity index is 859. The molecule has 4 nitrogen and oxygen atoms in total. The highest BCUT2D eigenvalue weighted by Gasteiger charge is 2.12. The highest BCUT2D eigenvalue weighted by atomic mass is 16.5. The van der Waals surface area contributed by atoms with Crippen molar-refractivity contribution in [2.75, 3.05) is 0 Å². The van der Waals surface area contributed by atoms with Gasteiger partial charge in [0.05, 0.1) is 0 Å². The van der Waals surface area contributed by atoms with E-state index in [4.69, 9.17) is 4.74 Å². The number of benzene rings is 1. The van der Waals surface area contributed by atoms with Crippen LogP contribution in [0.25, 0.3) is 0 Å². The molecule has 0 radical (unpaired) electrons. The van der Waals surface area contributed by atoms with Crippen LogP contribution in [0.1, 0.15) is 126 Å². The number of rotatable bonds is 21. The molecule has 0 amide bonds. The molecule has 0 aliphatic carbocycles. The van der Waals surface area contributed by atoms with Gasteiger partial charge in [-0.1, -0.05) is 134 Å². The van der Waals surface area contributed by atoms with E-state index in [0.717, 1.165) is 31.2 Å². The van der Waals surface area contributed by atoms with E-state index in [2.05, 4.69) is 6.92 Å². The van der Waals surface area contributed by atoms with Crippen LogP contribution < -0.4 is 10.2 Å². The lowest BCUT2D eigenvalue weighted by molar-refractivity contribution is 0.110. The van der Waals surface area contributed by atoms with Crippen molar-refractivity contribution in [2.24, 2.45) is 0 Å². The number of carbonyl (C=O) groups is 1.